The molecule has 0 aliphatic heterocycles. The third-order valence-corrected chi connectivity index (χ3v) is 4.64. The predicted molar refractivity (Wildman–Crippen MR) is 95.2 cm³/mol. The highest BCUT2D eigenvalue weighted by atomic mass is 19.3. The number of anilines is 1. The van der Waals surface area contributed by atoms with Crippen molar-refractivity contribution in [3.8, 4) is 0 Å². The normalized spacial score (nSPS) is 18.6. The van der Waals surface area contributed by atoms with Crippen molar-refractivity contribution in [3.05, 3.63) is 29.6 Å². The molecule has 0 aromatic heterocycles. The van der Waals surface area contributed by atoms with Crippen LogP contribution in [0.3, 0.4) is 0 Å². The molecule has 2 amide bonds. The van der Waals surface area contributed by atoms with Crippen LogP contribution in [0.5, 0.6) is 0 Å². The SMILES string of the molecule is CC(C)(C)C(=O)Nc1ccc(F)c(C(=O)NCC2(O)CCC(F)(F)CC2)c1. The molecule has 0 spiro atoms. The number of alkyl halides is 2. The molecule has 1 aromatic carbocycles. The van der Waals surface area contributed by atoms with Crippen LogP contribution in [-0.4, -0.2) is 35.0 Å². The van der Waals surface area contributed by atoms with E-state index in [1.807, 2.05) is 0 Å². The largest absolute Gasteiger partial charge is 0.388 e. The molecule has 0 atom stereocenters. The van der Waals surface area contributed by atoms with Gasteiger partial charge in [0, 0.05) is 30.5 Å². The molecule has 2 rings (SSSR count). The maximum absolute atomic E-state index is 14.0. The second-order valence-electron chi connectivity index (χ2n) is 8.16. The zero-order valence-corrected chi connectivity index (χ0v) is 15.7. The van der Waals surface area contributed by atoms with Gasteiger partial charge >= 0.3 is 0 Å². The number of nitrogens with one attached hydrogen (secondary N) is 2. The van der Waals surface area contributed by atoms with Crippen LogP contribution >= 0.6 is 0 Å². The second kappa shape index (κ2) is 7.50. The van der Waals surface area contributed by atoms with Gasteiger partial charge in [-0.05, 0) is 31.0 Å². The Hall–Kier alpha value is -2.09. The number of carbonyl (C=O) groups is 2. The van der Waals surface area contributed by atoms with Gasteiger partial charge in [-0.2, -0.15) is 0 Å². The summed E-state index contributed by atoms with van der Waals surface area (Å²) in [5.74, 6) is -4.67. The molecule has 150 valence electrons. The van der Waals surface area contributed by atoms with E-state index in [9.17, 15) is 27.9 Å². The third-order valence-electron chi connectivity index (χ3n) is 4.64. The molecule has 0 saturated heterocycles. The number of aliphatic hydroxyl groups is 1. The summed E-state index contributed by atoms with van der Waals surface area (Å²) in [4.78, 5) is 24.3. The Morgan fingerprint density at radius 2 is 1.74 bits per heavy atom. The number of carbonyl (C=O) groups excluding carboxylic acids is 2. The van der Waals surface area contributed by atoms with Crippen LogP contribution in [0, 0.1) is 11.2 Å². The summed E-state index contributed by atoms with van der Waals surface area (Å²) in [5.41, 5.74) is -2.14. The molecule has 1 fully saturated rings. The average molecular weight is 386 g/mol. The summed E-state index contributed by atoms with van der Waals surface area (Å²) in [5, 5.41) is 15.3. The Balaban J connectivity index is 2.03. The van der Waals surface area contributed by atoms with Crippen LogP contribution in [-0.2, 0) is 4.79 Å². The second-order valence-corrected chi connectivity index (χ2v) is 8.16. The fraction of sp³-hybridized carbons (Fsp3) is 0.579. The van der Waals surface area contributed by atoms with Gasteiger partial charge in [0.05, 0.1) is 11.2 Å². The van der Waals surface area contributed by atoms with Gasteiger partial charge in [-0.1, -0.05) is 20.8 Å². The summed E-state index contributed by atoms with van der Waals surface area (Å²) in [7, 11) is 0. The van der Waals surface area contributed by atoms with Crippen LogP contribution < -0.4 is 10.6 Å². The van der Waals surface area contributed by atoms with Crippen molar-refractivity contribution in [2.75, 3.05) is 11.9 Å². The average Bonchev–Trinajstić information content (AvgIpc) is 2.57. The predicted octanol–water partition coefficient (Wildman–Crippen LogP) is 3.48. The van der Waals surface area contributed by atoms with Crippen LogP contribution in [0.25, 0.3) is 0 Å². The van der Waals surface area contributed by atoms with Crippen molar-refractivity contribution in [3.63, 3.8) is 0 Å². The van der Waals surface area contributed by atoms with Gasteiger partial charge < -0.3 is 15.7 Å². The van der Waals surface area contributed by atoms with Crippen LogP contribution in [0.1, 0.15) is 56.8 Å². The maximum Gasteiger partial charge on any atom is 0.254 e. The highest BCUT2D eigenvalue weighted by molar-refractivity contribution is 5.98. The summed E-state index contributed by atoms with van der Waals surface area (Å²) >= 11 is 0. The molecule has 3 N–H and O–H groups in total. The Morgan fingerprint density at radius 1 is 1.15 bits per heavy atom. The van der Waals surface area contributed by atoms with Crippen LogP contribution in [0.4, 0.5) is 18.9 Å². The lowest BCUT2D eigenvalue weighted by atomic mass is 9.82. The molecule has 0 unspecified atom stereocenters. The first-order valence-electron chi connectivity index (χ1n) is 8.81. The van der Waals surface area contributed by atoms with E-state index in [4.69, 9.17) is 0 Å². The van der Waals surface area contributed by atoms with Crippen molar-refractivity contribution in [1.29, 1.82) is 0 Å². The molecular formula is C19H25F3N2O3. The minimum absolute atomic E-state index is 0.148. The van der Waals surface area contributed by atoms with Gasteiger partial charge in [-0.3, -0.25) is 9.59 Å². The fourth-order valence-corrected chi connectivity index (χ4v) is 2.69. The van der Waals surface area contributed by atoms with Gasteiger partial charge in [-0.15, -0.1) is 0 Å². The van der Waals surface area contributed by atoms with Crippen molar-refractivity contribution >= 4 is 17.5 Å². The van der Waals surface area contributed by atoms with Crippen molar-refractivity contribution in [2.24, 2.45) is 5.41 Å². The molecule has 5 nitrogen and oxygen atoms in total. The molecule has 1 aliphatic rings. The molecule has 1 aromatic rings. The van der Waals surface area contributed by atoms with E-state index in [-0.39, 0.29) is 36.5 Å². The lowest BCUT2D eigenvalue weighted by molar-refractivity contribution is -0.123. The molecule has 1 saturated carbocycles. The Bertz CT molecular complexity index is 719. The molecule has 1 aliphatic carbocycles. The standard InChI is InChI=1S/C19H25F3N2O3/c1-17(2,3)16(26)24-12-4-5-14(20)13(10-12)15(25)23-11-18(27)6-8-19(21,22)9-7-18/h4-5,10,27H,6-9,11H2,1-3H3,(H,23,25)(H,24,26). The number of amides is 2. The van der Waals surface area contributed by atoms with Gasteiger partial charge in [0.25, 0.3) is 5.91 Å². The van der Waals surface area contributed by atoms with E-state index < -0.39 is 41.5 Å². The zero-order valence-electron chi connectivity index (χ0n) is 15.7. The minimum Gasteiger partial charge on any atom is -0.388 e. The third kappa shape index (κ3) is 5.69. The molecule has 0 bridgehead atoms. The van der Waals surface area contributed by atoms with E-state index >= 15 is 0 Å². The first kappa shape index (κ1) is 21.2. The summed E-state index contributed by atoms with van der Waals surface area (Å²) in [6.45, 7) is 4.90. The fourth-order valence-electron chi connectivity index (χ4n) is 2.69. The Labute approximate surface area is 156 Å². The van der Waals surface area contributed by atoms with Crippen molar-refractivity contribution in [2.45, 2.75) is 58.0 Å². The highest BCUT2D eigenvalue weighted by Crippen LogP contribution is 2.38. The monoisotopic (exact) mass is 386 g/mol. The van der Waals surface area contributed by atoms with Gasteiger partial charge in [0.15, 0.2) is 0 Å². The first-order chi connectivity index (χ1) is 12.3. The van der Waals surface area contributed by atoms with E-state index in [0.717, 1.165) is 6.07 Å². The molecule has 0 heterocycles. The Kier molecular flexibility index (Phi) is 5.89. The van der Waals surface area contributed by atoms with Gasteiger partial charge in [-0.25, -0.2) is 13.2 Å². The quantitative estimate of drug-likeness (QED) is 0.741. The van der Waals surface area contributed by atoms with Gasteiger partial charge in [0.1, 0.15) is 5.82 Å². The molecule has 8 heteroatoms. The summed E-state index contributed by atoms with van der Waals surface area (Å²) < 4.78 is 40.4. The number of rotatable bonds is 4. The first-order valence-corrected chi connectivity index (χ1v) is 8.81. The maximum atomic E-state index is 14.0. The number of hydrogen-bond donors (Lipinski definition) is 3. The lowest BCUT2D eigenvalue weighted by Crippen LogP contribution is -2.47. The van der Waals surface area contributed by atoms with Gasteiger partial charge in [0.2, 0.25) is 11.8 Å². The molecular weight excluding hydrogens is 361 g/mol. The zero-order chi connectivity index (χ0) is 20.5. The molecule has 0 radical (unpaired) electrons. The lowest BCUT2D eigenvalue weighted by Gasteiger charge is -2.35. The summed E-state index contributed by atoms with van der Waals surface area (Å²) in [6.07, 6.45) is -1.21. The van der Waals surface area contributed by atoms with E-state index in [1.165, 1.54) is 12.1 Å². The summed E-state index contributed by atoms with van der Waals surface area (Å²) in [6, 6.07) is 3.60. The number of benzene rings is 1. The van der Waals surface area contributed by atoms with Crippen LogP contribution in [0.15, 0.2) is 18.2 Å². The van der Waals surface area contributed by atoms with E-state index in [0.29, 0.717) is 0 Å². The van der Waals surface area contributed by atoms with Crippen LogP contribution in [0.2, 0.25) is 0 Å². The van der Waals surface area contributed by atoms with E-state index in [2.05, 4.69) is 10.6 Å². The highest BCUT2D eigenvalue weighted by Gasteiger charge is 2.42. The molecule has 27 heavy (non-hydrogen) atoms. The van der Waals surface area contributed by atoms with Crippen molar-refractivity contribution < 1.29 is 27.9 Å². The Morgan fingerprint density at radius 3 is 2.30 bits per heavy atom. The topological polar surface area (TPSA) is 78.4 Å². The van der Waals surface area contributed by atoms with Crippen molar-refractivity contribution in [1.82, 2.24) is 5.32 Å². The minimum atomic E-state index is -2.80. The van der Waals surface area contributed by atoms with E-state index in [1.54, 1.807) is 20.8 Å². The number of halogens is 3. The smallest absolute Gasteiger partial charge is 0.254 e. The number of hydrogen-bond acceptors (Lipinski definition) is 3.